The highest BCUT2D eigenvalue weighted by atomic mass is 32.2. The number of aromatic nitrogens is 2. The SMILES string of the molecule is COc1cccc(C2/C(=C(/O)c3ccc(C)cc3)C(=O)C(=O)N2c2nnc(SCc3ccccc3F)s2)c1. The fourth-order valence-electron chi connectivity index (χ4n) is 4.14. The summed E-state index contributed by atoms with van der Waals surface area (Å²) in [5.74, 6) is -1.39. The van der Waals surface area contributed by atoms with E-state index in [4.69, 9.17) is 4.74 Å². The summed E-state index contributed by atoms with van der Waals surface area (Å²) in [5.41, 5.74) is 2.43. The lowest BCUT2D eigenvalue weighted by Gasteiger charge is -2.23. The summed E-state index contributed by atoms with van der Waals surface area (Å²) in [6, 6.07) is 19.5. The van der Waals surface area contributed by atoms with Gasteiger partial charge in [-0.05, 0) is 36.2 Å². The lowest BCUT2D eigenvalue weighted by atomic mass is 9.95. The molecule has 1 aliphatic rings. The monoisotopic (exact) mass is 547 g/mol. The van der Waals surface area contributed by atoms with E-state index in [0.717, 1.165) is 16.9 Å². The molecule has 192 valence electrons. The lowest BCUT2D eigenvalue weighted by molar-refractivity contribution is -0.132. The number of methoxy groups -OCH3 is 1. The van der Waals surface area contributed by atoms with Crippen LogP contribution >= 0.6 is 23.1 Å². The van der Waals surface area contributed by atoms with Gasteiger partial charge < -0.3 is 9.84 Å². The summed E-state index contributed by atoms with van der Waals surface area (Å²) in [5, 5.41) is 19.8. The molecular weight excluding hydrogens is 525 g/mol. The molecule has 0 aliphatic carbocycles. The second-order valence-electron chi connectivity index (χ2n) is 8.54. The summed E-state index contributed by atoms with van der Waals surface area (Å²) < 4.78 is 19.9. The number of amides is 1. The van der Waals surface area contributed by atoms with Crippen molar-refractivity contribution in [2.45, 2.75) is 23.1 Å². The molecule has 2 heterocycles. The van der Waals surface area contributed by atoms with Crippen molar-refractivity contribution in [2.24, 2.45) is 0 Å². The number of anilines is 1. The van der Waals surface area contributed by atoms with Crippen molar-refractivity contribution in [3.63, 3.8) is 0 Å². The van der Waals surface area contributed by atoms with E-state index in [-0.39, 0.29) is 22.3 Å². The molecule has 1 saturated heterocycles. The van der Waals surface area contributed by atoms with E-state index in [0.29, 0.717) is 32.5 Å². The van der Waals surface area contributed by atoms with Gasteiger partial charge in [-0.3, -0.25) is 14.5 Å². The van der Waals surface area contributed by atoms with Crippen molar-refractivity contribution in [1.29, 1.82) is 0 Å². The summed E-state index contributed by atoms with van der Waals surface area (Å²) in [6.07, 6.45) is 0. The summed E-state index contributed by atoms with van der Waals surface area (Å²) in [4.78, 5) is 27.9. The Labute approximate surface area is 226 Å². The molecule has 0 bridgehead atoms. The van der Waals surface area contributed by atoms with Crippen LogP contribution in [0.3, 0.4) is 0 Å². The van der Waals surface area contributed by atoms with Gasteiger partial charge in [0.2, 0.25) is 5.13 Å². The number of rotatable bonds is 7. The molecule has 0 spiro atoms. The number of ketones is 1. The van der Waals surface area contributed by atoms with Gasteiger partial charge in [0, 0.05) is 11.3 Å². The number of carbonyl (C=O) groups excluding carboxylic acids is 2. The van der Waals surface area contributed by atoms with Gasteiger partial charge in [0.1, 0.15) is 17.3 Å². The van der Waals surface area contributed by atoms with E-state index in [9.17, 15) is 19.1 Å². The van der Waals surface area contributed by atoms with Gasteiger partial charge in [0.25, 0.3) is 5.78 Å². The Hall–Kier alpha value is -4.02. The van der Waals surface area contributed by atoms with E-state index in [1.165, 1.54) is 29.8 Å². The smallest absolute Gasteiger partial charge is 0.301 e. The molecule has 1 aromatic heterocycles. The second-order valence-corrected chi connectivity index (χ2v) is 10.7. The van der Waals surface area contributed by atoms with Crippen molar-refractivity contribution in [3.8, 4) is 5.75 Å². The predicted molar refractivity (Wildman–Crippen MR) is 145 cm³/mol. The minimum absolute atomic E-state index is 0.0529. The van der Waals surface area contributed by atoms with Crippen LogP contribution in [0.5, 0.6) is 5.75 Å². The molecule has 38 heavy (non-hydrogen) atoms. The molecule has 10 heteroatoms. The van der Waals surface area contributed by atoms with Crippen LogP contribution in [-0.4, -0.2) is 34.1 Å². The fourth-order valence-corrected chi connectivity index (χ4v) is 5.99. The molecule has 5 rings (SSSR count). The van der Waals surface area contributed by atoms with Crippen LogP contribution < -0.4 is 9.64 Å². The Morgan fingerprint density at radius 3 is 2.58 bits per heavy atom. The van der Waals surface area contributed by atoms with Gasteiger partial charge >= 0.3 is 5.91 Å². The highest BCUT2D eigenvalue weighted by molar-refractivity contribution is 8.00. The maximum absolute atomic E-state index is 14.0. The molecule has 0 radical (unpaired) electrons. The number of aryl methyl sites for hydroxylation is 1. The molecule has 1 atom stereocenters. The Balaban J connectivity index is 1.56. The van der Waals surface area contributed by atoms with Crippen molar-refractivity contribution in [1.82, 2.24) is 10.2 Å². The number of hydrogen-bond donors (Lipinski definition) is 1. The number of halogens is 1. The van der Waals surface area contributed by atoms with E-state index in [1.54, 1.807) is 54.6 Å². The first-order valence-corrected chi connectivity index (χ1v) is 13.4. The Bertz CT molecular complexity index is 1550. The molecular formula is C28H22FN3O4S2. The molecule has 1 N–H and O–H groups in total. The van der Waals surface area contributed by atoms with Gasteiger partial charge in [-0.15, -0.1) is 10.2 Å². The fraction of sp³-hybridized carbons (Fsp3) is 0.143. The van der Waals surface area contributed by atoms with Crippen molar-refractivity contribution in [2.75, 3.05) is 12.0 Å². The van der Waals surface area contributed by atoms with Crippen LogP contribution in [0.25, 0.3) is 5.76 Å². The minimum atomic E-state index is -0.955. The molecule has 7 nitrogen and oxygen atoms in total. The molecule has 1 unspecified atom stereocenters. The van der Waals surface area contributed by atoms with E-state index < -0.39 is 17.7 Å². The van der Waals surface area contributed by atoms with Crippen LogP contribution in [0.2, 0.25) is 0 Å². The zero-order valence-electron chi connectivity index (χ0n) is 20.4. The van der Waals surface area contributed by atoms with Gasteiger partial charge in [-0.2, -0.15) is 0 Å². The number of hydrogen-bond acceptors (Lipinski definition) is 8. The lowest BCUT2D eigenvalue weighted by Crippen LogP contribution is -2.29. The number of thioether (sulfide) groups is 1. The molecule has 1 fully saturated rings. The zero-order valence-corrected chi connectivity index (χ0v) is 22.1. The standard InChI is InChI=1S/C28H22FN3O4S2/c1-16-10-12-17(13-11-16)24(33)22-23(18-7-5-8-20(14-18)36-2)32(26(35)25(22)34)27-30-31-28(38-27)37-15-19-6-3-4-9-21(19)29/h3-14,23,33H,15H2,1-2H3/b24-22-. The number of carbonyl (C=O) groups is 2. The highest BCUT2D eigenvalue weighted by Gasteiger charge is 2.48. The van der Waals surface area contributed by atoms with Crippen molar-refractivity contribution >= 4 is 45.7 Å². The number of nitrogens with zero attached hydrogens (tertiary/aromatic N) is 3. The first kappa shape index (κ1) is 25.6. The maximum atomic E-state index is 14.0. The van der Waals surface area contributed by atoms with Crippen LogP contribution in [0, 0.1) is 12.7 Å². The van der Waals surface area contributed by atoms with Gasteiger partial charge in [0.15, 0.2) is 4.34 Å². The number of aliphatic hydroxyl groups excluding tert-OH is 1. The number of Topliss-reactive ketones (excluding diaryl/α,β-unsaturated/α-hetero) is 1. The largest absolute Gasteiger partial charge is 0.507 e. The third-order valence-corrected chi connectivity index (χ3v) is 8.19. The molecule has 4 aromatic rings. The molecule has 1 amide bonds. The van der Waals surface area contributed by atoms with Crippen LogP contribution in [0.4, 0.5) is 9.52 Å². The van der Waals surface area contributed by atoms with Crippen LogP contribution in [-0.2, 0) is 15.3 Å². The van der Waals surface area contributed by atoms with Gasteiger partial charge in [-0.1, -0.05) is 83.3 Å². The zero-order chi connectivity index (χ0) is 26.8. The highest BCUT2D eigenvalue weighted by Crippen LogP contribution is 2.44. The quantitative estimate of drug-likeness (QED) is 0.101. The normalized spacial score (nSPS) is 16.7. The first-order valence-electron chi connectivity index (χ1n) is 11.6. The van der Waals surface area contributed by atoms with Gasteiger partial charge in [-0.25, -0.2) is 4.39 Å². The molecule has 1 aliphatic heterocycles. The number of aliphatic hydroxyl groups is 1. The third kappa shape index (κ3) is 4.92. The van der Waals surface area contributed by atoms with E-state index in [1.807, 2.05) is 19.1 Å². The van der Waals surface area contributed by atoms with E-state index in [2.05, 4.69) is 10.2 Å². The average Bonchev–Trinajstić information content (AvgIpc) is 3.50. The first-order chi connectivity index (χ1) is 18.4. The second kappa shape index (κ2) is 10.8. The summed E-state index contributed by atoms with van der Waals surface area (Å²) >= 11 is 2.39. The van der Waals surface area contributed by atoms with Crippen LogP contribution in [0.1, 0.15) is 28.3 Å². The Kier molecular flexibility index (Phi) is 7.26. The van der Waals surface area contributed by atoms with Gasteiger partial charge in [0.05, 0.1) is 18.7 Å². The number of ether oxygens (including phenoxy) is 1. The van der Waals surface area contributed by atoms with Crippen molar-refractivity contribution < 1.29 is 23.8 Å². The average molecular weight is 548 g/mol. The molecule has 3 aromatic carbocycles. The maximum Gasteiger partial charge on any atom is 0.301 e. The number of benzene rings is 3. The Morgan fingerprint density at radius 2 is 1.84 bits per heavy atom. The summed E-state index contributed by atoms with van der Waals surface area (Å²) in [6.45, 7) is 1.91. The van der Waals surface area contributed by atoms with Crippen LogP contribution in [0.15, 0.2) is 82.7 Å². The minimum Gasteiger partial charge on any atom is -0.507 e. The predicted octanol–water partition coefficient (Wildman–Crippen LogP) is 5.91. The molecule has 0 saturated carbocycles. The third-order valence-electron chi connectivity index (χ3n) is 6.09. The Morgan fingerprint density at radius 1 is 1.08 bits per heavy atom. The van der Waals surface area contributed by atoms with E-state index >= 15 is 0 Å². The van der Waals surface area contributed by atoms with Crippen molar-refractivity contribution in [3.05, 3.63) is 106 Å². The summed E-state index contributed by atoms with van der Waals surface area (Å²) in [7, 11) is 1.52. The topological polar surface area (TPSA) is 92.6 Å².